The lowest BCUT2D eigenvalue weighted by atomic mass is 10.2. The van der Waals surface area contributed by atoms with Gasteiger partial charge in [0.1, 0.15) is 18.1 Å². The second kappa shape index (κ2) is 2.95. The molecular formula is C9H13NO4. The van der Waals surface area contributed by atoms with Crippen LogP contribution in [0.5, 0.6) is 0 Å². The van der Waals surface area contributed by atoms with Gasteiger partial charge in [-0.05, 0) is 6.92 Å². The molecule has 1 amide bonds. The van der Waals surface area contributed by atoms with Gasteiger partial charge in [-0.2, -0.15) is 0 Å². The fourth-order valence-corrected chi connectivity index (χ4v) is 1.96. The van der Waals surface area contributed by atoms with E-state index in [0.29, 0.717) is 26.0 Å². The number of amides is 1. The van der Waals surface area contributed by atoms with Gasteiger partial charge in [0.05, 0.1) is 6.54 Å². The zero-order chi connectivity index (χ0) is 10.3. The number of nitrogens with zero attached hydrogens (tertiary/aromatic N) is 1. The molecule has 2 atom stereocenters. The van der Waals surface area contributed by atoms with E-state index in [4.69, 9.17) is 4.74 Å². The molecule has 0 aromatic carbocycles. The first-order chi connectivity index (χ1) is 6.54. The van der Waals surface area contributed by atoms with Crippen LogP contribution in [-0.2, 0) is 9.53 Å². The molecule has 2 fully saturated rings. The average Bonchev–Trinajstić information content (AvgIpc) is 2.56. The molecule has 0 spiro atoms. The molecule has 1 aliphatic heterocycles. The van der Waals surface area contributed by atoms with Gasteiger partial charge in [-0.15, -0.1) is 0 Å². The lowest BCUT2D eigenvalue weighted by Gasteiger charge is -2.20. The Hall–Kier alpha value is -1.10. The molecule has 5 heteroatoms. The third-order valence-electron chi connectivity index (χ3n) is 2.80. The largest absolute Gasteiger partial charge is 0.447 e. The molecule has 14 heavy (non-hydrogen) atoms. The topological polar surface area (TPSA) is 66.8 Å². The van der Waals surface area contributed by atoms with Crippen molar-refractivity contribution in [2.45, 2.75) is 25.5 Å². The molecule has 1 saturated heterocycles. The van der Waals surface area contributed by atoms with Gasteiger partial charge in [-0.3, -0.25) is 4.90 Å². The fourth-order valence-electron chi connectivity index (χ4n) is 1.96. The van der Waals surface area contributed by atoms with Crippen molar-refractivity contribution in [2.24, 2.45) is 5.92 Å². The highest BCUT2D eigenvalue weighted by Crippen LogP contribution is 2.49. The van der Waals surface area contributed by atoms with Crippen LogP contribution in [0.15, 0.2) is 0 Å². The maximum Gasteiger partial charge on any atom is 0.412 e. The molecule has 0 radical (unpaired) electrons. The standard InChI is InChI=1S/C9H13NO4/c1-6(11)4-7-5-9(7,13)10-2-3-14-8(10)12/h7,13H,2-5H2,1H3. The molecule has 1 N–H and O–H groups in total. The normalized spacial score (nSPS) is 35.7. The summed E-state index contributed by atoms with van der Waals surface area (Å²) in [6, 6.07) is 0. The summed E-state index contributed by atoms with van der Waals surface area (Å²) in [5, 5.41) is 9.98. The van der Waals surface area contributed by atoms with E-state index >= 15 is 0 Å². The second-order valence-corrected chi connectivity index (χ2v) is 3.95. The van der Waals surface area contributed by atoms with Crippen LogP contribution in [-0.4, -0.2) is 40.8 Å². The molecular weight excluding hydrogens is 186 g/mol. The van der Waals surface area contributed by atoms with Crippen LogP contribution in [0, 0.1) is 5.92 Å². The van der Waals surface area contributed by atoms with Crippen LogP contribution in [0.2, 0.25) is 0 Å². The highest BCUT2D eigenvalue weighted by Gasteiger charge is 2.60. The lowest BCUT2D eigenvalue weighted by Crippen LogP contribution is -2.39. The number of carbonyl (C=O) groups is 2. The lowest BCUT2D eigenvalue weighted by molar-refractivity contribution is -0.118. The van der Waals surface area contributed by atoms with Crippen molar-refractivity contribution in [3.63, 3.8) is 0 Å². The summed E-state index contributed by atoms with van der Waals surface area (Å²) < 4.78 is 4.73. The van der Waals surface area contributed by atoms with E-state index in [-0.39, 0.29) is 11.7 Å². The van der Waals surface area contributed by atoms with Gasteiger partial charge in [0.15, 0.2) is 0 Å². The van der Waals surface area contributed by atoms with Gasteiger partial charge in [0.2, 0.25) is 0 Å². The van der Waals surface area contributed by atoms with Crippen molar-refractivity contribution in [2.75, 3.05) is 13.2 Å². The first kappa shape index (κ1) is 9.45. The summed E-state index contributed by atoms with van der Waals surface area (Å²) >= 11 is 0. The molecule has 0 aromatic rings. The van der Waals surface area contributed by atoms with Crippen molar-refractivity contribution < 1.29 is 19.4 Å². The second-order valence-electron chi connectivity index (χ2n) is 3.95. The predicted octanol–water partition coefficient (Wildman–Crippen LogP) is 0.126. The molecule has 0 aromatic heterocycles. The number of hydrogen-bond donors (Lipinski definition) is 1. The van der Waals surface area contributed by atoms with Crippen LogP contribution in [0.25, 0.3) is 0 Å². The molecule has 5 nitrogen and oxygen atoms in total. The number of aliphatic hydroxyl groups is 1. The van der Waals surface area contributed by atoms with E-state index in [1.165, 1.54) is 11.8 Å². The molecule has 2 rings (SSSR count). The van der Waals surface area contributed by atoms with Crippen LogP contribution in [0.3, 0.4) is 0 Å². The molecule has 1 aliphatic carbocycles. The minimum atomic E-state index is -1.11. The Bertz CT molecular complexity index is 291. The van der Waals surface area contributed by atoms with Gasteiger partial charge in [-0.25, -0.2) is 4.79 Å². The first-order valence-corrected chi connectivity index (χ1v) is 4.70. The summed E-state index contributed by atoms with van der Waals surface area (Å²) in [6.07, 6.45) is 0.348. The Balaban J connectivity index is 1.99. The third kappa shape index (κ3) is 1.37. The van der Waals surface area contributed by atoms with Crippen molar-refractivity contribution in [1.82, 2.24) is 4.90 Å². The summed E-state index contributed by atoms with van der Waals surface area (Å²) in [7, 11) is 0. The number of hydrogen-bond acceptors (Lipinski definition) is 4. The molecule has 1 heterocycles. The highest BCUT2D eigenvalue weighted by molar-refractivity contribution is 5.77. The van der Waals surface area contributed by atoms with E-state index in [2.05, 4.69) is 0 Å². The zero-order valence-corrected chi connectivity index (χ0v) is 8.02. The van der Waals surface area contributed by atoms with Crippen molar-refractivity contribution in [3.05, 3.63) is 0 Å². The van der Waals surface area contributed by atoms with Gasteiger partial charge in [0, 0.05) is 18.8 Å². The van der Waals surface area contributed by atoms with Crippen LogP contribution < -0.4 is 0 Å². The minimum Gasteiger partial charge on any atom is -0.447 e. The quantitative estimate of drug-likeness (QED) is 0.701. The van der Waals surface area contributed by atoms with Gasteiger partial charge in [0.25, 0.3) is 0 Å². The Morgan fingerprint density at radius 1 is 1.79 bits per heavy atom. The summed E-state index contributed by atoms with van der Waals surface area (Å²) in [6.45, 7) is 2.23. The Morgan fingerprint density at radius 3 is 3.00 bits per heavy atom. The first-order valence-electron chi connectivity index (χ1n) is 4.70. The van der Waals surface area contributed by atoms with E-state index in [9.17, 15) is 14.7 Å². The number of rotatable bonds is 3. The van der Waals surface area contributed by atoms with Crippen LogP contribution in [0.1, 0.15) is 19.8 Å². The molecule has 2 aliphatic rings. The highest BCUT2D eigenvalue weighted by atomic mass is 16.6. The van der Waals surface area contributed by atoms with Gasteiger partial charge >= 0.3 is 6.09 Å². The zero-order valence-electron chi connectivity index (χ0n) is 8.02. The van der Waals surface area contributed by atoms with E-state index in [1.807, 2.05) is 0 Å². The van der Waals surface area contributed by atoms with Crippen molar-refractivity contribution >= 4 is 11.9 Å². The number of ketones is 1. The monoisotopic (exact) mass is 199 g/mol. The van der Waals surface area contributed by atoms with Crippen molar-refractivity contribution in [3.8, 4) is 0 Å². The molecule has 2 unspecified atom stereocenters. The summed E-state index contributed by atoms with van der Waals surface area (Å²) in [5.41, 5.74) is -1.11. The van der Waals surface area contributed by atoms with Crippen molar-refractivity contribution in [1.29, 1.82) is 0 Å². The third-order valence-corrected chi connectivity index (χ3v) is 2.80. The van der Waals surface area contributed by atoms with Crippen LogP contribution >= 0.6 is 0 Å². The van der Waals surface area contributed by atoms with Gasteiger partial charge < -0.3 is 14.6 Å². The SMILES string of the molecule is CC(=O)CC1CC1(O)N1CCOC1=O. The number of cyclic esters (lactones) is 1. The molecule has 78 valence electrons. The van der Waals surface area contributed by atoms with E-state index < -0.39 is 11.8 Å². The number of carbonyl (C=O) groups excluding carboxylic acids is 2. The summed E-state index contributed by atoms with van der Waals surface area (Å²) in [5.74, 6) is -0.0656. The molecule has 0 bridgehead atoms. The van der Waals surface area contributed by atoms with Crippen LogP contribution in [0.4, 0.5) is 4.79 Å². The maximum absolute atomic E-state index is 11.2. The number of ether oxygens (including phenoxy) is 1. The van der Waals surface area contributed by atoms with E-state index in [0.717, 1.165) is 0 Å². The average molecular weight is 199 g/mol. The minimum absolute atomic E-state index is 0.0403. The smallest absolute Gasteiger partial charge is 0.412 e. The summed E-state index contributed by atoms with van der Waals surface area (Å²) in [4.78, 5) is 23.3. The Kier molecular flexibility index (Phi) is 1.99. The fraction of sp³-hybridized carbons (Fsp3) is 0.778. The Morgan fingerprint density at radius 2 is 2.50 bits per heavy atom. The number of Topliss-reactive ketones (excluding diaryl/α,β-unsaturated/α-hetero) is 1. The van der Waals surface area contributed by atoms with E-state index in [1.54, 1.807) is 0 Å². The molecule has 1 saturated carbocycles. The Labute approximate surface area is 81.6 Å². The van der Waals surface area contributed by atoms with Gasteiger partial charge in [-0.1, -0.05) is 0 Å². The predicted molar refractivity (Wildman–Crippen MR) is 46.4 cm³/mol. The maximum atomic E-state index is 11.2.